The van der Waals surface area contributed by atoms with Gasteiger partial charge in [0, 0.05) is 30.5 Å². The van der Waals surface area contributed by atoms with E-state index in [1.54, 1.807) is 0 Å². The minimum absolute atomic E-state index is 0.637. The number of nitrogens with one attached hydrogen (secondary N) is 1. The summed E-state index contributed by atoms with van der Waals surface area (Å²) in [6.45, 7) is 0. The van der Waals surface area contributed by atoms with E-state index in [0.29, 0.717) is 6.04 Å². The van der Waals surface area contributed by atoms with Crippen LogP contribution in [0.2, 0.25) is 0 Å². The molecule has 1 N–H and O–H groups in total. The Labute approximate surface area is 96.9 Å². The first-order valence-corrected chi connectivity index (χ1v) is 6.21. The van der Waals surface area contributed by atoms with Crippen molar-refractivity contribution < 1.29 is 0 Å². The second kappa shape index (κ2) is 4.06. The number of aromatic nitrogens is 1. The van der Waals surface area contributed by atoms with Gasteiger partial charge in [0.1, 0.15) is 0 Å². The first kappa shape index (κ1) is 10.1. The maximum absolute atomic E-state index is 4.15. The average molecular weight is 217 g/mol. The summed E-state index contributed by atoms with van der Waals surface area (Å²) < 4.78 is 0. The van der Waals surface area contributed by atoms with Crippen LogP contribution in [0.3, 0.4) is 0 Å². The molecule has 16 heavy (non-hydrogen) atoms. The second-order valence-corrected chi connectivity index (χ2v) is 5.10. The maximum atomic E-state index is 4.15. The van der Waals surface area contributed by atoms with Crippen molar-refractivity contribution in [2.75, 3.05) is 12.4 Å². The molecule has 2 unspecified atom stereocenters. The fraction of sp³-hybridized carbons (Fsp3) is 0.615. The van der Waals surface area contributed by atoms with Crippen LogP contribution in [0.15, 0.2) is 24.5 Å². The Morgan fingerprint density at radius 2 is 2.06 bits per heavy atom. The van der Waals surface area contributed by atoms with Crippen LogP contribution in [0.25, 0.3) is 0 Å². The van der Waals surface area contributed by atoms with Gasteiger partial charge >= 0.3 is 0 Å². The minimum Gasteiger partial charge on any atom is -0.381 e. The Morgan fingerprint density at radius 1 is 1.31 bits per heavy atom. The molecule has 2 bridgehead atoms. The molecular formula is C13H19N3. The SMILES string of the molecule is CN1C2CCC1CC(Nc1cccnc1)C2. The van der Waals surface area contributed by atoms with Crippen molar-refractivity contribution in [3.63, 3.8) is 0 Å². The lowest BCUT2D eigenvalue weighted by Crippen LogP contribution is -2.44. The smallest absolute Gasteiger partial charge is 0.0528 e. The van der Waals surface area contributed by atoms with Gasteiger partial charge in [-0.15, -0.1) is 0 Å². The average Bonchev–Trinajstić information content (AvgIpc) is 2.54. The topological polar surface area (TPSA) is 28.2 Å². The van der Waals surface area contributed by atoms with Gasteiger partial charge in [0.2, 0.25) is 0 Å². The van der Waals surface area contributed by atoms with Gasteiger partial charge in [0.25, 0.3) is 0 Å². The monoisotopic (exact) mass is 217 g/mol. The van der Waals surface area contributed by atoms with Crippen molar-refractivity contribution in [3.8, 4) is 0 Å². The lowest BCUT2D eigenvalue weighted by atomic mass is 9.98. The third-order valence-corrected chi connectivity index (χ3v) is 4.13. The number of hydrogen-bond acceptors (Lipinski definition) is 3. The van der Waals surface area contributed by atoms with Gasteiger partial charge in [-0.1, -0.05) is 0 Å². The third kappa shape index (κ3) is 1.80. The number of hydrogen-bond donors (Lipinski definition) is 1. The molecule has 0 radical (unpaired) electrons. The number of anilines is 1. The van der Waals surface area contributed by atoms with Gasteiger partial charge in [-0.25, -0.2) is 0 Å². The molecule has 3 heteroatoms. The van der Waals surface area contributed by atoms with Crippen molar-refractivity contribution >= 4 is 5.69 Å². The molecule has 2 atom stereocenters. The van der Waals surface area contributed by atoms with Crippen LogP contribution in [0.1, 0.15) is 25.7 Å². The molecule has 2 saturated heterocycles. The molecule has 3 nitrogen and oxygen atoms in total. The van der Waals surface area contributed by atoms with Crippen LogP contribution in [0.4, 0.5) is 5.69 Å². The lowest BCUT2D eigenvalue weighted by Gasteiger charge is -2.37. The second-order valence-electron chi connectivity index (χ2n) is 5.10. The zero-order valence-electron chi connectivity index (χ0n) is 9.76. The van der Waals surface area contributed by atoms with Crippen LogP contribution in [0, 0.1) is 0 Å². The van der Waals surface area contributed by atoms with Crippen molar-refractivity contribution in [2.24, 2.45) is 0 Å². The van der Waals surface area contributed by atoms with Gasteiger partial charge in [-0.3, -0.25) is 4.98 Å². The molecular weight excluding hydrogens is 198 g/mol. The van der Waals surface area contributed by atoms with E-state index in [-0.39, 0.29) is 0 Å². The van der Waals surface area contributed by atoms with Crippen molar-refractivity contribution in [1.82, 2.24) is 9.88 Å². The van der Waals surface area contributed by atoms with Gasteiger partial charge in [-0.05, 0) is 44.9 Å². The molecule has 1 aromatic rings. The fourth-order valence-corrected chi connectivity index (χ4v) is 3.21. The Morgan fingerprint density at radius 3 is 2.69 bits per heavy atom. The first-order chi connectivity index (χ1) is 7.83. The van der Waals surface area contributed by atoms with E-state index in [1.807, 2.05) is 18.5 Å². The molecule has 2 aliphatic rings. The summed E-state index contributed by atoms with van der Waals surface area (Å²) in [5, 5.41) is 3.61. The number of nitrogens with zero attached hydrogens (tertiary/aromatic N) is 2. The van der Waals surface area contributed by atoms with E-state index >= 15 is 0 Å². The molecule has 1 aromatic heterocycles. The molecule has 2 aliphatic heterocycles. The standard InChI is InChI=1S/C13H19N3/c1-16-12-4-5-13(16)8-11(7-12)15-10-3-2-6-14-9-10/h2-3,6,9,11-13,15H,4-5,7-8H2,1H3. The lowest BCUT2D eigenvalue weighted by molar-refractivity contribution is 0.169. The number of piperidine rings is 1. The fourth-order valence-electron chi connectivity index (χ4n) is 3.21. The van der Waals surface area contributed by atoms with E-state index < -0.39 is 0 Å². The molecule has 0 spiro atoms. The zero-order valence-corrected chi connectivity index (χ0v) is 9.76. The summed E-state index contributed by atoms with van der Waals surface area (Å²) >= 11 is 0. The quantitative estimate of drug-likeness (QED) is 0.822. The van der Waals surface area contributed by atoms with Crippen molar-refractivity contribution in [2.45, 2.75) is 43.8 Å². The molecule has 3 rings (SSSR count). The summed E-state index contributed by atoms with van der Waals surface area (Å²) in [4.78, 5) is 6.72. The zero-order chi connectivity index (χ0) is 11.0. The molecule has 0 aromatic carbocycles. The molecule has 0 amide bonds. The maximum Gasteiger partial charge on any atom is 0.0528 e. The highest BCUT2D eigenvalue weighted by molar-refractivity contribution is 5.41. The number of rotatable bonds is 2. The van der Waals surface area contributed by atoms with E-state index in [9.17, 15) is 0 Å². The van der Waals surface area contributed by atoms with Gasteiger partial charge in [0.05, 0.1) is 5.69 Å². The molecule has 0 aliphatic carbocycles. The molecule has 3 heterocycles. The van der Waals surface area contributed by atoms with E-state index in [0.717, 1.165) is 17.8 Å². The largest absolute Gasteiger partial charge is 0.381 e. The summed E-state index contributed by atoms with van der Waals surface area (Å²) in [7, 11) is 2.28. The number of fused-ring (bicyclic) bond motifs is 2. The van der Waals surface area contributed by atoms with E-state index in [1.165, 1.54) is 25.7 Å². The number of pyridine rings is 1. The van der Waals surface area contributed by atoms with E-state index in [2.05, 4.69) is 28.3 Å². The van der Waals surface area contributed by atoms with Crippen LogP contribution in [-0.2, 0) is 0 Å². The Hall–Kier alpha value is -1.09. The van der Waals surface area contributed by atoms with Gasteiger partial charge in [-0.2, -0.15) is 0 Å². The highest BCUT2D eigenvalue weighted by Gasteiger charge is 2.38. The van der Waals surface area contributed by atoms with Crippen LogP contribution < -0.4 is 5.32 Å². The highest BCUT2D eigenvalue weighted by atomic mass is 15.2. The Balaban J connectivity index is 1.66. The van der Waals surface area contributed by atoms with Crippen LogP contribution in [0.5, 0.6) is 0 Å². The summed E-state index contributed by atoms with van der Waals surface area (Å²) in [6.07, 6.45) is 9.06. The Kier molecular flexibility index (Phi) is 2.56. The summed E-state index contributed by atoms with van der Waals surface area (Å²) in [6, 6.07) is 6.33. The molecule has 0 saturated carbocycles. The van der Waals surface area contributed by atoms with Gasteiger partial charge < -0.3 is 10.2 Å². The van der Waals surface area contributed by atoms with Gasteiger partial charge in [0.15, 0.2) is 0 Å². The van der Waals surface area contributed by atoms with E-state index in [4.69, 9.17) is 0 Å². The Bertz CT molecular complexity index is 337. The van der Waals surface area contributed by atoms with Crippen molar-refractivity contribution in [3.05, 3.63) is 24.5 Å². The van der Waals surface area contributed by atoms with Crippen molar-refractivity contribution in [1.29, 1.82) is 0 Å². The summed E-state index contributed by atoms with van der Waals surface area (Å²) in [5.74, 6) is 0. The molecule has 86 valence electrons. The first-order valence-electron chi connectivity index (χ1n) is 6.21. The molecule has 2 fully saturated rings. The minimum atomic E-state index is 0.637. The van der Waals surface area contributed by atoms with Crippen LogP contribution in [-0.4, -0.2) is 35.1 Å². The summed E-state index contributed by atoms with van der Waals surface area (Å²) in [5.41, 5.74) is 1.16. The predicted octanol–water partition coefficient (Wildman–Crippen LogP) is 2.12. The highest BCUT2D eigenvalue weighted by Crippen LogP contribution is 2.35. The predicted molar refractivity (Wildman–Crippen MR) is 65.5 cm³/mol. The normalized spacial score (nSPS) is 33.9. The third-order valence-electron chi connectivity index (χ3n) is 4.13. The van der Waals surface area contributed by atoms with Crippen LogP contribution >= 0.6 is 0 Å².